The number of aromatic nitrogens is 1. The van der Waals surface area contributed by atoms with Crippen molar-refractivity contribution in [3.05, 3.63) is 23.5 Å². The maximum Gasteiger partial charge on any atom is 0.433 e. The van der Waals surface area contributed by atoms with Gasteiger partial charge in [0, 0.05) is 38.1 Å². The van der Waals surface area contributed by atoms with Gasteiger partial charge in [-0.1, -0.05) is 0 Å². The molecule has 0 aromatic carbocycles. The second-order valence-electron chi connectivity index (χ2n) is 9.02. The van der Waals surface area contributed by atoms with Crippen molar-refractivity contribution in [3.63, 3.8) is 0 Å². The minimum atomic E-state index is -4.60. The molecule has 1 N–H and O–H groups in total. The summed E-state index contributed by atoms with van der Waals surface area (Å²) in [6, 6.07) is 2.18. The van der Waals surface area contributed by atoms with Gasteiger partial charge in [-0.25, -0.2) is 13.4 Å². The molecule has 1 saturated heterocycles. The monoisotopic (exact) mass is 447 g/mol. The maximum absolute atomic E-state index is 13.2. The minimum Gasteiger partial charge on any atom is -0.390 e. The zero-order valence-electron chi connectivity index (χ0n) is 17.0. The molecule has 0 atom stereocenters. The Bertz CT molecular complexity index is 882. The molecule has 4 rings (SSSR count). The molecule has 1 aromatic rings. The van der Waals surface area contributed by atoms with Crippen LogP contribution < -0.4 is 0 Å². The van der Waals surface area contributed by atoms with E-state index in [1.165, 1.54) is 4.31 Å². The van der Waals surface area contributed by atoms with Crippen molar-refractivity contribution in [2.75, 3.05) is 26.2 Å². The third-order valence-corrected chi connectivity index (χ3v) is 8.53. The van der Waals surface area contributed by atoms with Gasteiger partial charge in [-0.2, -0.15) is 17.5 Å². The fourth-order valence-electron chi connectivity index (χ4n) is 4.53. The molecule has 0 radical (unpaired) electrons. The summed E-state index contributed by atoms with van der Waals surface area (Å²) >= 11 is 0. The Balaban J connectivity index is 1.47. The lowest BCUT2D eigenvalue weighted by atomic mass is 9.83. The number of nitrogens with zero attached hydrogens (tertiary/aromatic N) is 3. The van der Waals surface area contributed by atoms with Crippen molar-refractivity contribution in [2.45, 2.75) is 74.1 Å². The summed E-state index contributed by atoms with van der Waals surface area (Å²) in [5.41, 5.74) is -1.60. The lowest BCUT2D eigenvalue weighted by molar-refractivity contribution is -0.141. The SMILES string of the molecule is CC1(O)CCC(N2CCN(S(=O)(=O)c3ccc(C(F)(F)F)nc3C3CC3)CC2)CC1. The normalized spacial score (nSPS) is 29.8. The summed E-state index contributed by atoms with van der Waals surface area (Å²) in [4.78, 5) is 5.89. The highest BCUT2D eigenvalue weighted by atomic mass is 32.2. The van der Waals surface area contributed by atoms with Crippen molar-refractivity contribution in [1.29, 1.82) is 0 Å². The van der Waals surface area contributed by atoms with Crippen molar-refractivity contribution < 1.29 is 26.7 Å². The van der Waals surface area contributed by atoms with Crippen LogP contribution in [-0.2, 0) is 16.2 Å². The molecule has 2 aliphatic carbocycles. The van der Waals surface area contributed by atoms with E-state index in [0.29, 0.717) is 45.1 Å². The van der Waals surface area contributed by atoms with Gasteiger partial charge in [0.15, 0.2) is 0 Å². The van der Waals surface area contributed by atoms with Crippen molar-refractivity contribution in [3.8, 4) is 0 Å². The van der Waals surface area contributed by atoms with Gasteiger partial charge >= 0.3 is 6.18 Å². The van der Waals surface area contributed by atoms with Crippen molar-refractivity contribution in [2.24, 2.45) is 0 Å². The van der Waals surface area contributed by atoms with E-state index in [0.717, 1.165) is 37.8 Å². The molecule has 3 aliphatic rings. The molecule has 10 heteroatoms. The van der Waals surface area contributed by atoms with Gasteiger partial charge in [-0.05, 0) is 57.6 Å². The quantitative estimate of drug-likeness (QED) is 0.768. The van der Waals surface area contributed by atoms with E-state index in [4.69, 9.17) is 0 Å². The first kappa shape index (κ1) is 22.0. The standard InChI is InChI=1S/C20H28F3N3O3S/c1-19(27)8-6-15(7-9-19)25-10-12-26(13-11-25)30(28,29)16-4-5-17(20(21,22)23)24-18(16)14-2-3-14/h4-5,14-15,27H,2-3,6-13H2,1H3. The fraction of sp³-hybridized carbons (Fsp3) is 0.750. The Kier molecular flexibility index (Phi) is 5.66. The van der Waals surface area contributed by atoms with Crippen LogP contribution in [-0.4, -0.2) is 65.5 Å². The van der Waals surface area contributed by atoms with E-state index in [1.807, 2.05) is 6.92 Å². The molecule has 0 amide bonds. The average Bonchev–Trinajstić information content (AvgIpc) is 3.52. The highest BCUT2D eigenvalue weighted by Crippen LogP contribution is 2.43. The molecular formula is C20H28F3N3O3S. The second-order valence-corrected chi connectivity index (χ2v) is 10.9. The fourth-order valence-corrected chi connectivity index (χ4v) is 6.16. The molecule has 2 saturated carbocycles. The second kappa shape index (κ2) is 7.72. The minimum absolute atomic E-state index is 0.0572. The van der Waals surface area contributed by atoms with Crippen LogP contribution in [0.1, 0.15) is 62.8 Å². The van der Waals surface area contributed by atoms with Crippen LogP contribution in [0.5, 0.6) is 0 Å². The average molecular weight is 448 g/mol. The van der Waals surface area contributed by atoms with E-state index in [1.54, 1.807) is 0 Å². The predicted octanol–water partition coefficient (Wildman–Crippen LogP) is 2.98. The highest BCUT2D eigenvalue weighted by Gasteiger charge is 2.40. The predicted molar refractivity (Wildman–Crippen MR) is 104 cm³/mol. The number of piperazine rings is 1. The lowest BCUT2D eigenvalue weighted by Gasteiger charge is -2.43. The van der Waals surface area contributed by atoms with E-state index >= 15 is 0 Å². The van der Waals surface area contributed by atoms with Gasteiger partial charge in [0.05, 0.1) is 11.3 Å². The number of rotatable bonds is 4. The molecule has 30 heavy (non-hydrogen) atoms. The lowest BCUT2D eigenvalue weighted by Crippen LogP contribution is -2.53. The van der Waals surface area contributed by atoms with Crippen molar-refractivity contribution in [1.82, 2.24) is 14.2 Å². The molecule has 0 unspecified atom stereocenters. The zero-order chi connectivity index (χ0) is 21.7. The van der Waals surface area contributed by atoms with Crippen LogP contribution in [0.3, 0.4) is 0 Å². The van der Waals surface area contributed by atoms with Gasteiger partial charge in [0.2, 0.25) is 10.0 Å². The van der Waals surface area contributed by atoms with Crippen LogP contribution >= 0.6 is 0 Å². The molecule has 0 bridgehead atoms. The topological polar surface area (TPSA) is 73.7 Å². The van der Waals surface area contributed by atoms with E-state index in [2.05, 4.69) is 9.88 Å². The summed E-state index contributed by atoms with van der Waals surface area (Å²) in [5.74, 6) is -0.214. The molecule has 2 heterocycles. The van der Waals surface area contributed by atoms with Gasteiger partial charge in [0.25, 0.3) is 0 Å². The molecule has 3 fully saturated rings. The summed E-state index contributed by atoms with van der Waals surface area (Å²) < 4.78 is 67.0. The largest absolute Gasteiger partial charge is 0.433 e. The van der Waals surface area contributed by atoms with Crippen LogP contribution in [0.25, 0.3) is 0 Å². The number of hydrogen-bond donors (Lipinski definition) is 1. The first-order valence-corrected chi connectivity index (χ1v) is 12.0. The van der Waals surface area contributed by atoms with E-state index < -0.39 is 27.5 Å². The number of sulfonamides is 1. The van der Waals surface area contributed by atoms with E-state index in [-0.39, 0.29) is 16.5 Å². The summed E-state index contributed by atoms with van der Waals surface area (Å²) in [5, 5.41) is 10.1. The Morgan fingerprint density at radius 3 is 2.20 bits per heavy atom. The molecular weight excluding hydrogens is 419 g/mol. The molecule has 1 aromatic heterocycles. The molecule has 6 nitrogen and oxygen atoms in total. The van der Waals surface area contributed by atoms with Crippen LogP contribution in [0.2, 0.25) is 0 Å². The number of pyridine rings is 1. The zero-order valence-corrected chi connectivity index (χ0v) is 17.8. The van der Waals surface area contributed by atoms with Gasteiger partial charge in [0.1, 0.15) is 10.6 Å². The maximum atomic E-state index is 13.2. The number of alkyl halides is 3. The molecule has 1 aliphatic heterocycles. The van der Waals surface area contributed by atoms with Crippen molar-refractivity contribution >= 4 is 10.0 Å². The van der Waals surface area contributed by atoms with Gasteiger partial charge in [-0.15, -0.1) is 0 Å². The summed E-state index contributed by atoms with van der Waals surface area (Å²) in [6.45, 7) is 3.63. The van der Waals surface area contributed by atoms with E-state index in [9.17, 15) is 26.7 Å². The van der Waals surface area contributed by atoms with Crippen LogP contribution in [0, 0.1) is 0 Å². The van der Waals surface area contributed by atoms with Crippen LogP contribution in [0.4, 0.5) is 13.2 Å². The van der Waals surface area contributed by atoms with Crippen LogP contribution in [0.15, 0.2) is 17.0 Å². The first-order chi connectivity index (χ1) is 14.0. The third-order valence-electron chi connectivity index (χ3n) is 6.58. The first-order valence-electron chi connectivity index (χ1n) is 10.5. The smallest absolute Gasteiger partial charge is 0.390 e. The summed E-state index contributed by atoms with van der Waals surface area (Å²) in [7, 11) is -3.90. The third kappa shape index (κ3) is 4.51. The van der Waals surface area contributed by atoms with Gasteiger partial charge in [-0.3, -0.25) is 4.90 Å². The summed E-state index contributed by atoms with van der Waals surface area (Å²) in [6.07, 6.45) is -0.0343. The Morgan fingerprint density at radius 2 is 1.67 bits per heavy atom. The number of hydrogen-bond acceptors (Lipinski definition) is 5. The number of halogens is 3. The Hall–Kier alpha value is -1.23. The Morgan fingerprint density at radius 1 is 1.07 bits per heavy atom. The molecule has 0 spiro atoms. The number of aliphatic hydroxyl groups is 1. The van der Waals surface area contributed by atoms with Gasteiger partial charge < -0.3 is 5.11 Å². The molecule has 168 valence electrons. The highest BCUT2D eigenvalue weighted by molar-refractivity contribution is 7.89. The Labute approximate surface area is 175 Å².